The lowest BCUT2D eigenvalue weighted by Crippen LogP contribution is -2.22. The van der Waals surface area contributed by atoms with E-state index >= 15 is 0 Å². The number of hydrogen-bond acceptors (Lipinski definition) is 7. The number of para-hydroxylation sites is 1. The van der Waals surface area contributed by atoms with Crippen LogP contribution in [0.3, 0.4) is 0 Å². The number of rotatable bonds is 7. The SMILES string of the molecule is CC(C)c1coc([C@H](N=c2[nH][s+]([O-])nc2Nc2cccc(C(=O)N(C)C)c2O)C2CC2)c1. The number of nitrogens with one attached hydrogen (secondary N) is 2. The van der Waals surface area contributed by atoms with Crippen molar-refractivity contribution in [2.75, 3.05) is 19.4 Å². The van der Waals surface area contributed by atoms with Crippen molar-refractivity contribution >= 4 is 28.6 Å². The Morgan fingerprint density at radius 3 is 2.78 bits per heavy atom. The normalized spacial score (nSPS) is 15.8. The third kappa shape index (κ3) is 4.56. The number of phenols is 1. The molecule has 2 heterocycles. The predicted octanol–water partition coefficient (Wildman–Crippen LogP) is 4.06. The van der Waals surface area contributed by atoms with Crippen LogP contribution in [0.1, 0.15) is 60.3 Å². The minimum absolute atomic E-state index is 0.152. The molecule has 9 nitrogen and oxygen atoms in total. The maximum Gasteiger partial charge on any atom is 0.257 e. The number of anilines is 2. The van der Waals surface area contributed by atoms with Crippen molar-refractivity contribution in [3.8, 4) is 5.75 Å². The molecule has 1 saturated carbocycles. The summed E-state index contributed by atoms with van der Waals surface area (Å²) in [5.41, 5.74) is 1.85. The molecule has 1 aromatic carbocycles. The second-order valence-corrected chi connectivity index (χ2v) is 9.40. The third-order valence-electron chi connectivity index (χ3n) is 5.44. The Bertz CT molecular complexity index is 1190. The summed E-state index contributed by atoms with van der Waals surface area (Å²) in [7, 11) is 3.22. The van der Waals surface area contributed by atoms with Crippen LogP contribution in [-0.4, -0.2) is 43.3 Å². The lowest BCUT2D eigenvalue weighted by molar-refractivity contribution is 0.0824. The standard InChI is InChI=1S/C22H27N5O4S/c1-12(2)14-10-17(31-11-14)18(13-8-9-13)24-21-20(25-32(30)26-21)23-16-7-5-6-15(19(16)28)22(29)27(3)4/h5-7,10-13,18,28H,8-9H2,1-4H3,(H,23,25)(H,24,26)/t18-,32?/m1/s1. The molecular formula is C22H27N5O4S. The van der Waals surface area contributed by atoms with Crippen molar-refractivity contribution in [2.45, 2.75) is 38.6 Å². The van der Waals surface area contributed by atoms with Crippen LogP contribution < -0.4 is 10.8 Å². The molecule has 10 heteroatoms. The molecule has 2 aromatic heterocycles. The molecule has 1 aliphatic rings. The van der Waals surface area contributed by atoms with Crippen LogP contribution in [0.2, 0.25) is 0 Å². The summed E-state index contributed by atoms with van der Waals surface area (Å²) >= 11 is -1.70. The lowest BCUT2D eigenvalue weighted by atomic mass is 10.0. The van der Waals surface area contributed by atoms with Gasteiger partial charge in [0.05, 0.1) is 17.5 Å². The van der Waals surface area contributed by atoms with E-state index in [2.05, 4.69) is 27.9 Å². The van der Waals surface area contributed by atoms with E-state index in [1.165, 1.54) is 11.0 Å². The summed E-state index contributed by atoms with van der Waals surface area (Å²) in [4.78, 5) is 18.5. The molecule has 1 unspecified atom stereocenters. The molecule has 2 atom stereocenters. The summed E-state index contributed by atoms with van der Waals surface area (Å²) in [5.74, 6) is 1.15. The molecule has 0 bridgehead atoms. The average Bonchev–Trinajstić information content (AvgIpc) is 3.35. The molecule has 1 amide bonds. The van der Waals surface area contributed by atoms with E-state index in [1.807, 2.05) is 6.07 Å². The molecular weight excluding hydrogens is 430 g/mol. The summed E-state index contributed by atoms with van der Waals surface area (Å²) in [6.07, 6.45) is 3.84. The van der Waals surface area contributed by atoms with Gasteiger partial charge in [-0.2, -0.15) is 0 Å². The highest BCUT2D eigenvalue weighted by molar-refractivity contribution is 7.13. The second kappa shape index (κ2) is 8.79. The second-order valence-electron chi connectivity index (χ2n) is 8.51. The Labute approximate surface area is 188 Å². The number of carbonyl (C=O) groups excluding carboxylic acids is 1. The molecule has 170 valence electrons. The number of carbonyl (C=O) groups is 1. The van der Waals surface area contributed by atoms with Crippen LogP contribution in [0.5, 0.6) is 5.75 Å². The molecule has 0 saturated heterocycles. The fourth-order valence-electron chi connectivity index (χ4n) is 3.41. The first kappa shape index (κ1) is 22.1. The van der Waals surface area contributed by atoms with Gasteiger partial charge in [-0.1, -0.05) is 19.9 Å². The molecule has 0 aliphatic heterocycles. The topological polar surface area (TPSA) is 130 Å². The summed E-state index contributed by atoms with van der Waals surface area (Å²) < 4.78 is 24.8. The van der Waals surface area contributed by atoms with Crippen LogP contribution in [0.15, 0.2) is 39.9 Å². The summed E-state index contributed by atoms with van der Waals surface area (Å²) in [6.45, 7) is 4.20. The van der Waals surface area contributed by atoms with Crippen molar-refractivity contribution < 1.29 is 18.9 Å². The number of nitrogens with zero attached hydrogens (tertiary/aromatic N) is 3. The highest BCUT2D eigenvalue weighted by Gasteiger charge is 2.35. The first-order valence-corrected chi connectivity index (χ1v) is 11.6. The maximum atomic E-state index is 12.3. The van der Waals surface area contributed by atoms with Crippen LogP contribution in [0.25, 0.3) is 0 Å². The highest BCUT2D eigenvalue weighted by Crippen LogP contribution is 2.44. The van der Waals surface area contributed by atoms with Gasteiger partial charge in [-0.15, -0.1) is 4.37 Å². The van der Waals surface area contributed by atoms with Crippen molar-refractivity contribution in [1.82, 2.24) is 13.6 Å². The number of hydrogen-bond donors (Lipinski definition) is 3. The van der Waals surface area contributed by atoms with Crippen LogP contribution in [-0.2, 0) is 0 Å². The van der Waals surface area contributed by atoms with E-state index in [-0.39, 0.29) is 34.8 Å². The first-order valence-electron chi connectivity index (χ1n) is 10.5. The number of phenolic OH excluding ortho intramolecular Hbond substituents is 1. The fourth-order valence-corrected chi connectivity index (χ4v) is 4.07. The quantitative estimate of drug-likeness (QED) is 0.362. The number of amides is 1. The number of aromatic hydroxyl groups is 1. The zero-order chi connectivity index (χ0) is 23.0. The zero-order valence-corrected chi connectivity index (χ0v) is 19.3. The highest BCUT2D eigenvalue weighted by atomic mass is 32.2. The number of H-pyrrole nitrogens is 1. The molecule has 4 rings (SSSR count). The minimum Gasteiger partial charge on any atom is -0.548 e. The molecule has 3 aromatic rings. The number of benzene rings is 1. The Morgan fingerprint density at radius 2 is 2.16 bits per heavy atom. The molecule has 32 heavy (non-hydrogen) atoms. The third-order valence-corrected chi connectivity index (χ3v) is 6.16. The van der Waals surface area contributed by atoms with Crippen molar-refractivity contribution in [1.29, 1.82) is 0 Å². The average molecular weight is 458 g/mol. The van der Waals surface area contributed by atoms with Gasteiger partial charge in [-0.05, 0) is 48.4 Å². The van der Waals surface area contributed by atoms with Gasteiger partial charge in [0, 0.05) is 18.5 Å². The largest absolute Gasteiger partial charge is 0.548 e. The van der Waals surface area contributed by atoms with Crippen LogP contribution in [0, 0.1) is 5.92 Å². The Kier molecular flexibility index (Phi) is 6.07. The molecule has 1 fully saturated rings. The Morgan fingerprint density at radius 1 is 1.41 bits per heavy atom. The van der Waals surface area contributed by atoms with Gasteiger partial charge in [0.15, 0.2) is 16.9 Å². The van der Waals surface area contributed by atoms with Crippen molar-refractivity contribution in [3.05, 3.63) is 52.9 Å². The van der Waals surface area contributed by atoms with Crippen LogP contribution in [0.4, 0.5) is 11.5 Å². The maximum absolute atomic E-state index is 12.3. The monoisotopic (exact) mass is 457 g/mol. The number of aromatic amines is 1. The fraction of sp³-hybridized carbons (Fsp3) is 0.409. The molecule has 0 radical (unpaired) electrons. The van der Waals surface area contributed by atoms with Gasteiger partial charge >= 0.3 is 0 Å². The van der Waals surface area contributed by atoms with Crippen molar-refractivity contribution in [2.24, 2.45) is 10.9 Å². The van der Waals surface area contributed by atoms with E-state index in [1.54, 1.807) is 32.5 Å². The van der Waals surface area contributed by atoms with E-state index in [4.69, 9.17) is 9.41 Å². The van der Waals surface area contributed by atoms with E-state index in [0.29, 0.717) is 17.3 Å². The number of furan rings is 1. The summed E-state index contributed by atoms with van der Waals surface area (Å²) in [6, 6.07) is 6.61. The molecule has 3 N–H and O–H groups in total. The van der Waals surface area contributed by atoms with Crippen LogP contribution >= 0.6 is 11.1 Å². The smallest absolute Gasteiger partial charge is 0.257 e. The van der Waals surface area contributed by atoms with Gasteiger partial charge in [-0.25, -0.2) is 4.99 Å². The Hall–Kier alpha value is -3.11. The molecule has 0 spiro atoms. The zero-order valence-electron chi connectivity index (χ0n) is 18.5. The van der Waals surface area contributed by atoms with Gasteiger partial charge in [0.2, 0.25) is 11.3 Å². The van der Waals surface area contributed by atoms with E-state index in [9.17, 15) is 14.5 Å². The number of aromatic nitrogens is 2. The summed E-state index contributed by atoms with van der Waals surface area (Å²) in [5, 5.41) is 13.6. The Balaban J connectivity index is 1.69. The first-order chi connectivity index (χ1) is 15.2. The van der Waals surface area contributed by atoms with Gasteiger partial charge in [-0.3, -0.25) is 4.79 Å². The van der Waals surface area contributed by atoms with E-state index < -0.39 is 11.1 Å². The van der Waals surface area contributed by atoms with Gasteiger partial charge in [0.1, 0.15) is 11.8 Å². The van der Waals surface area contributed by atoms with Gasteiger partial charge < -0.3 is 24.3 Å². The van der Waals surface area contributed by atoms with E-state index in [0.717, 1.165) is 24.2 Å². The predicted molar refractivity (Wildman–Crippen MR) is 120 cm³/mol. The minimum atomic E-state index is -1.70. The molecule has 1 aliphatic carbocycles. The van der Waals surface area contributed by atoms with Crippen molar-refractivity contribution in [3.63, 3.8) is 0 Å². The lowest BCUT2D eigenvalue weighted by Gasteiger charge is -2.13. The van der Waals surface area contributed by atoms with Gasteiger partial charge in [0.25, 0.3) is 5.91 Å².